The molecule has 2 N–H and O–H groups in total. The van der Waals surface area contributed by atoms with Gasteiger partial charge in [0.1, 0.15) is 0 Å². The van der Waals surface area contributed by atoms with Crippen LogP contribution in [0.15, 0.2) is 23.1 Å². The average molecular weight is 279 g/mol. The molecule has 1 saturated heterocycles. The van der Waals surface area contributed by atoms with E-state index in [2.05, 4.69) is 10.0 Å². The summed E-state index contributed by atoms with van der Waals surface area (Å²) in [7, 11) is -3.50. The van der Waals surface area contributed by atoms with E-state index < -0.39 is 10.0 Å². The van der Waals surface area contributed by atoms with Crippen molar-refractivity contribution < 1.29 is 8.42 Å². The molecule has 19 heavy (non-hydrogen) atoms. The van der Waals surface area contributed by atoms with Gasteiger partial charge in [0.05, 0.1) is 16.5 Å². The van der Waals surface area contributed by atoms with Crippen LogP contribution in [0.1, 0.15) is 24.0 Å². The third-order valence-electron chi connectivity index (χ3n) is 3.25. The van der Waals surface area contributed by atoms with Gasteiger partial charge in [0.15, 0.2) is 0 Å². The zero-order valence-corrected chi connectivity index (χ0v) is 11.6. The number of sulfonamides is 1. The maximum absolute atomic E-state index is 12.3. The van der Waals surface area contributed by atoms with Gasteiger partial charge in [0, 0.05) is 6.04 Å². The van der Waals surface area contributed by atoms with Gasteiger partial charge in [-0.3, -0.25) is 0 Å². The minimum atomic E-state index is -3.50. The zero-order valence-electron chi connectivity index (χ0n) is 10.8. The monoisotopic (exact) mass is 279 g/mol. The molecule has 1 aromatic rings. The second-order valence-electron chi connectivity index (χ2n) is 4.74. The van der Waals surface area contributed by atoms with Crippen LogP contribution in [0, 0.1) is 18.3 Å². The Hall–Kier alpha value is -1.42. The molecule has 0 aromatic heterocycles. The van der Waals surface area contributed by atoms with E-state index in [1.54, 1.807) is 13.0 Å². The van der Waals surface area contributed by atoms with E-state index in [4.69, 9.17) is 5.26 Å². The van der Waals surface area contributed by atoms with Crippen LogP contribution in [0.2, 0.25) is 0 Å². The van der Waals surface area contributed by atoms with Crippen LogP contribution < -0.4 is 10.0 Å². The molecule has 0 radical (unpaired) electrons. The Labute approximate surface area is 113 Å². The fourth-order valence-electron chi connectivity index (χ4n) is 2.24. The Bertz CT molecular complexity index is 599. The SMILES string of the molecule is Cc1cc(C#N)ccc1S(=O)(=O)NC1CCNCC1. The lowest BCUT2D eigenvalue weighted by molar-refractivity contribution is 0.427. The van der Waals surface area contributed by atoms with Crippen LogP contribution in [-0.2, 0) is 10.0 Å². The van der Waals surface area contributed by atoms with E-state index in [1.807, 2.05) is 6.07 Å². The molecule has 102 valence electrons. The smallest absolute Gasteiger partial charge is 0.241 e. The van der Waals surface area contributed by atoms with Gasteiger partial charge in [-0.25, -0.2) is 13.1 Å². The zero-order chi connectivity index (χ0) is 13.9. The van der Waals surface area contributed by atoms with Gasteiger partial charge in [-0.1, -0.05) is 0 Å². The van der Waals surface area contributed by atoms with Crippen LogP contribution in [0.5, 0.6) is 0 Å². The first-order chi connectivity index (χ1) is 9.03. The predicted octanol–water partition coefficient (Wildman–Crippen LogP) is 0.897. The molecule has 0 atom stereocenters. The molecule has 1 aromatic carbocycles. The Kier molecular flexibility index (Phi) is 4.20. The Morgan fingerprint density at radius 1 is 1.37 bits per heavy atom. The number of nitriles is 1. The van der Waals surface area contributed by atoms with Gasteiger partial charge >= 0.3 is 0 Å². The molecule has 6 heteroatoms. The average Bonchev–Trinajstić information content (AvgIpc) is 2.38. The molecule has 0 aliphatic carbocycles. The third kappa shape index (κ3) is 3.32. The summed E-state index contributed by atoms with van der Waals surface area (Å²) in [5, 5.41) is 12.0. The van der Waals surface area contributed by atoms with Crippen LogP contribution in [0.25, 0.3) is 0 Å². The third-order valence-corrected chi connectivity index (χ3v) is 4.94. The fourth-order valence-corrected chi connectivity index (χ4v) is 3.77. The first-order valence-corrected chi connectivity index (χ1v) is 7.75. The first-order valence-electron chi connectivity index (χ1n) is 6.27. The van der Waals surface area contributed by atoms with Gasteiger partial charge in [0.2, 0.25) is 10.0 Å². The molecule has 1 heterocycles. The number of rotatable bonds is 3. The molecular formula is C13H17N3O2S. The molecule has 2 rings (SSSR count). The van der Waals surface area contributed by atoms with E-state index in [0.29, 0.717) is 11.1 Å². The summed E-state index contributed by atoms with van der Waals surface area (Å²) >= 11 is 0. The highest BCUT2D eigenvalue weighted by Crippen LogP contribution is 2.18. The van der Waals surface area contributed by atoms with Gasteiger partial charge < -0.3 is 5.32 Å². The Balaban J connectivity index is 2.22. The van der Waals surface area contributed by atoms with Crippen LogP contribution in [0.4, 0.5) is 0 Å². The van der Waals surface area contributed by atoms with Crippen molar-refractivity contribution >= 4 is 10.0 Å². The summed E-state index contributed by atoms with van der Waals surface area (Å²) in [5.74, 6) is 0. The van der Waals surface area contributed by atoms with Crippen LogP contribution in [-0.4, -0.2) is 27.5 Å². The number of piperidine rings is 1. The van der Waals surface area contributed by atoms with E-state index in [9.17, 15) is 8.42 Å². The van der Waals surface area contributed by atoms with Crippen molar-refractivity contribution in [1.82, 2.24) is 10.0 Å². The fraction of sp³-hybridized carbons (Fsp3) is 0.462. The van der Waals surface area contributed by atoms with Crippen LogP contribution >= 0.6 is 0 Å². The van der Waals surface area contributed by atoms with Crippen molar-refractivity contribution in [3.63, 3.8) is 0 Å². The molecule has 0 amide bonds. The highest BCUT2D eigenvalue weighted by atomic mass is 32.2. The summed E-state index contributed by atoms with van der Waals surface area (Å²) in [4.78, 5) is 0.255. The molecule has 0 unspecified atom stereocenters. The molecular weight excluding hydrogens is 262 g/mol. The summed E-state index contributed by atoms with van der Waals surface area (Å²) in [6, 6.07) is 6.61. The standard InChI is InChI=1S/C13H17N3O2S/c1-10-8-11(9-14)2-3-13(10)19(17,18)16-12-4-6-15-7-5-12/h2-3,8,12,15-16H,4-7H2,1H3. The number of aryl methyl sites for hydroxylation is 1. The molecule has 0 saturated carbocycles. The van der Waals surface area contributed by atoms with E-state index >= 15 is 0 Å². The summed E-state index contributed by atoms with van der Waals surface area (Å²) in [6.45, 7) is 3.37. The summed E-state index contributed by atoms with van der Waals surface area (Å²) in [5.41, 5.74) is 1.07. The molecule has 1 fully saturated rings. The van der Waals surface area contributed by atoms with Gasteiger partial charge in [-0.15, -0.1) is 0 Å². The van der Waals surface area contributed by atoms with Gasteiger partial charge in [-0.2, -0.15) is 5.26 Å². The number of nitrogens with one attached hydrogen (secondary N) is 2. The topological polar surface area (TPSA) is 82.0 Å². The largest absolute Gasteiger partial charge is 0.317 e. The normalized spacial score (nSPS) is 17.1. The van der Waals surface area contributed by atoms with Gasteiger partial charge in [0.25, 0.3) is 0 Å². The number of hydrogen-bond donors (Lipinski definition) is 2. The molecule has 1 aliphatic rings. The second kappa shape index (κ2) is 5.70. The van der Waals surface area contributed by atoms with Crippen molar-refractivity contribution in [3.8, 4) is 6.07 Å². The Morgan fingerprint density at radius 2 is 2.05 bits per heavy atom. The minimum absolute atomic E-state index is 0.0127. The van der Waals surface area contributed by atoms with Crippen molar-refractivity contribution in [2.75, 3.05) is 13.1 Å². The Morgan fingerprint density at radius 3 is 2.63 bits per heavy atom. The molecule has 5 nitrogen and oxygen atoms in total. The molecule has 0 bridgehead atoms. The predicted molar refractivity (Wildman–Crippen MR) is 72.1 cm³/mol. The molecule has 1 aliphatic heterocycles. The maximum Gasteiger partial charge on any atom is 0.241 e. The minimum Gasteiger partial charge on any atom is -0.317 e. The van der Waals surface area contributed by atoms with Crippen LogP contribution in [0.3, 0.4) is 0 Å². The van der Waals surface area contributed by atoms with Crippen molar-refractivity contribution in [2.24, 2.45) is 0 Å². The second-order valence-corrected chi connectivity index (χ2v) is 6.42. The van der Waals surface area contributed by atoms with Gasteiger partial charge in [-0.05, 0) is 56.6 Å². The lowest BCUT2D eigenvalue weighted by Crippen LogP contribution is -2.42. The quantitative estimate of drug-likeness (QED) is 0.861. The lowest BCUT2D eigenvalue weighted by Gasteiger charge is -2.23. The number of benzene rings is 1. The van der Waals surface area contributed by atoms with E-state index in [-0.39, 0.29) is 10.9 Å². The number of hydrogen-bond acceptors (Lipinski definition) is 4. The lowest BCUT2D eigenvalue weighted by atomic mass is 10.1. The highest BCUT2D eigenvalue weighted by Gasteiger charge is 2.23. The van der Waals surface area contributed by atoms with E-state index in [0.717, 1.165) is 25.9 Å². The van der Waals surface area contributed by atoms with E-state index in [1.165, 1.54) is 12.1 Å². The first kappa shape index (κ1) is 14.0. The van der Waals surface area contributed by atoms with Crippen molar-refractivity contribution in [2.45, 2.75) is 30.7 Å². The number of nitrogens with zero attached hydrogens (tertiary/aromatic N) is 1. The van der Waals surface area contributed by atoms with Crippen molar-refractivity contribution in [1.29, 1.82) is 5.26 Å². The summed E-state index contributed by atoms with van der Waals surface area (Å²) < 4.78 is 27.4. The maximum atomic E-state index is 12.3. The highest BCUT2D eigenvalue weighted by molar-refractivity contribution is 7.89. The van der Waals surface area contributed by atoms with Crippen molar-refractivity contribution in [3.05, 3.63) is 29.3 Å². The molecule has 0 spiro atoms. The summed E-state index contributed by atoms with van der Waals surface area (Å²) in [6.07, 6.45) is 1.60.